The first-order chi connectivity index (χ1) is 14.9. The minimum absolute atomic E-state index is 0.104. The lowest BCUT2D eigenvalue weighted by Crippen LogP contribution is -2.46. The van der Waals surface area contributed by atoms with Crippen molar-refractivity contribution in [2.45, 2.75) is 31.8 Å². The Balaban J connectivity index is 1.47. The number of fused-ring (bicyclic) bond motifs is 3. The number of benzene rings is 2. The van der Waals surface area contributed by atoms with Crippen LogP contribution in [0.1, 0.15) is 35.7 Å². The van der Waals surface area contributed by atoms with Crippen LogP contribution < -0.4 is 5.32 Å². The predicted octanol–water partition coefficient (Wildman–Crippen LogP) is 4.40. The maximum absolute atomic E-state index is 12.5. The topological polar surface area (TPSA) is 93.5 Å². The molecule has 0 fully saturated rings. The lowest BCUT2D eigenvalue weighted by atomic mass is 9.98. The number of amides is 1. The van der Waals surface area contributed by atoms with Gasteiger partial charge < -0.3 is 15.2 Å². The Morgan fingerprint density at radius 2 is 1.74 bits per heavy atom. The highest BCUT2D eigenvalue weighted by molar-refractivity contribution is 6.31. The third-order valence-corrected chi connectivity index (χ3v) is 6.11. The van der Waals surface area contributed by atoms with Crippen molar-refractivity contribution in [1.29, 1.82) is 0 Å². The van der Waals surface area contributed by atoms with Crippen molar-refractivity contribution in [1.82, 2.24) is 15.1 Å². The average Bonchev–Trinajstić information content (AvgIpc) is 3.27. The molecule has 7 nitrogen and oxygen atoms in total. The van der Waals surface area contributed by atoms with E-state index in [2.05, 4.69) is 10.4 Å². The number of hydrogen-bond donors (Lipinski definition) is 2. The van der Waals surface area contributed by atoms with Gasteiger partial charge in [-0.15, -0.1) is 0 Å². The van der Waals surface area contributed by atoms with Gasteiger partial charge in [0.25, 0.3) is 0 Å². The van der Waals surface area contributed by atoms with Crippen LogP contribution in [0.4, 0.5) is 4.79 Å². The Morgan fingerprint density at radius 1 is 1.16 bits per heavy atom. The maximum Gasteiger partial charge on any atom is 0.407 e. The van der Waals surface area contributed by atoms with Crippen LogP contribution in [0.5, 0.6) is 0 Å². The first-order valence-corrected chi connectivity index (χ1v) is 10.3. The third kappa shape index (κ3) is 3.88. The molecule has 2 atom stereocenters. The third-order valence-electron chi connectivity index (χ3n) is 5.74. The van der Waals surface area contributed by atoms with Gasteiger partial charge in [0.2, 0.25) is 0 Å². The molecule has 1 aromatic heterocycles. The van der Waals surface area contributed by atoms with E-state index in [0.29, 0.717) is 10.7 Å². The molecule has 1 heterocycles. The molecule has 1 aliphatic rings. The Bertz CT molecular complexity index is 1100. The second kappa shape index (κ2) is 8.43. The summed E-state index contributed by atoms with van der Waals surface area (Å²) in [7, 11) is 0. The van der Waals surface area contributed by atoms with Gasteiger partial charge in [0.1, 0.15) is 6.61 Å². The standard InChI is InChI=1S/C23H22ClN3O4/c1-13-20(24)11-25-27(13)14(2)21(22(28)29)26-23(30)31-12-19-17-9-5-3-7-15(17)16-8-4-6-10-18(16)19/h3-11,14,19,21H,12H2,1-2H3,(H,26,30)(H,28,29). The fourth-order valence-electron chi connectivity index (χ4n) is 4.11. The van der Waals surface area contributed by atoms with E-state index in [9.17, 15) is 14.7 Å². The summed E-state index contributed by atoms with van der Waals surface area (Å²) < 4.78 is 6.95. The Labute approximate surface area is 184 Å². The van der Waals surface area contributed by atoms with E-state index in [-0.39, 0.29) is 12.5 Å². The number of carbonyl (C=O) groups excluding carboxylic acids is 1. The van der Waals surface area contributed by atoms with E-state index >= 15 is 0 Å². The quantitative estimate of drug-likeness (QED) is 0.593. The van der Waals surface area contributed by atoms with Crippen LogP contribution in [0.3, 0.4) is 0 Å². The van der Waals surface area contributed by atoms with Gasteiger partial charge in [0.05, 0.1) is 23.0 Å². The molecule has 0 bridgehead atoms. The highest BCUT2D eigenvalue weighted by Gasteiger charge is 2.32. The number of halogens is 1. The zero-order chi connectivity index (χ0) is 22.1. The second-order valence-corrected chi connectivity index (χ2v) is 7.96. The van der Waals surface area contributed by atoms with E-state index in [4.69, 9.17) is 16.3 Å². The average molecular weight is 440 g/mol. The molecule has 160 valence electrons. The minimum atomic E-state index is -1.23. The summed E-state index contributed by atoms with van der Waals surface area (Å²) in [5, 5.41) is 16.6. The monoisotopic (exact) mass is 439 g/mol. The van der Waals surface area contributed by atoms with Crippen LogP contribution in [0.15, 0.2) is 54.7 Å². The molecule has 2 unspecified atom stereocenters. The first kappa shape index (κ1) is 20.9. The molecule has 0 saturated carbocycles. The van der Waals surface area contributed by atoms with Gasteiger partial charge in [0.15, 0.2) is 6.04 Å². The molecule has 0 spiro atoms. The van der Waals surface area contributed by atoms with Gasteiger partial charge in [-0.2, -0.15) is 5.10 Å². The fraction of sp³-hybridized carbons (Fsp3) is 0.261. The molecule has 2 aromatic carbocycles. The molecule has 1 aliphatic carbocycles. The summed E-state index contributed by atoms with van der Waals surface area (Å²) >= 11 is 6.03. The molecule has 2 N–H and O–H groups in total. The number of carboxylic acid groups (broad SMARTS) is 1. The smallest absolute Gasteiger partial charge is 0.407 e. The van der Waals surface area contributed by atoms with Gasteiger partial charge in [-0.1, -0.05) is 60.1 Å². The number of ether oxygens (including phenoxy) is 1. The molecule has 0 saturated heterocycles. The zero-order valence-electron chi connectivity index (χ0n) is 17.1. The molecule has 4 rings (SSSR count). The van der Waals surface area contributed by atoms with Gasteiger partial charge in [-0.3, -0.25) is 4.68 Å². The van der Waals surface area contributed by atoms with Gasteiger partial charge in [0, 0.05) is 5.92 Å². The van der Waals surface area contributed by atoms with Crippen molar-refractivity contribution in [3.8, 4) is 11.1 Å². The number of rotatable bonds is 6. The number of nitrogens with zero attached hydrogens (tertiary/aromatic N) is 2. The highest BCUT2D eigenvalue weighted by atomic mass is 35.5. The van der Waals surface area contributed by atoms with Crippen molar-refractivity contribution in [2.24, 2.45) is 0 Å². The molecule has 0 aliphatic heterocycles. The number of aliphatic carboxylic acids is 1. The van der Waals surface area contributed by atoms with Crippen LogP contribution in [-0.2, 0) is 9.53 Å². The number of alkyl carbamates (subject to hydrolysis) is 1. The van der Waals surface area contributed by atoms with Gasteiger partial charge in [-0.25, -0.2) is 9.59 Å². The molecular weight excluding hydrogens is 418 g/mol. The van der Waals surface area contributed by atoms with Crippen molar-refractivity contribution < 1.29 is 19.4 Å². The van der Waals surface area contributed by atoms with E-state index in [1.54, 1.807) is 13.8 Å². The summed E-state index contributed by atoms with van der Waals surface area (Å²) in [5.41, 5.74) is 5.03. The predicted molar refractivity (Wildman–Crippen MR) is 116 cm³/mol. The van der Waals surface area contributed by atoms with Crippen LogP contribution in [0.25, 0.3) is 11.1 Å². The number of aromatic nitrogens is 2. The van der Waals surface area contributed by atoms with E-state index < -0.39 is 24.1 Å². The van der Waals surface area contributed by atoms with Crippen LogP contribution in [-0.4, -0.2) is 39.6 Å². The van der Waals surface area contributed by atoms with Crippen molar-refractivity contribution in [3.63, 3.8) is 0 Å². The van der Waals surface area contributed by atoms with Gasteiger partial charge in [-0.05, 0) is 36.1 Å². The number of carboxylic acids is 1. The van der Waals surface area contributed by atoms with Crippen molar-refractivity contribution in [3.05, 3.63) is 76.6 Å². The molecular formula is C23H22ClN3O4. The maximum atomic E-state index is 12.5. The lowest BCUT2D eigenvalue weighted by molar-refractivity contribution is -0.140. The summed E-state index contributed by atoms with van der Waals surface area (Å²) in [6, 6.07) is 14.1. The number of carbonyl (C=O) groups is 2. The Hall–Kier alpha value is -3.32. The lowest BCUT2D eigenvalue weighted by Gasteiger charge is -2.23. The summed E-state index contributed by atoms with van der Waals surface area (Å²) in [4.78, 5) is 24.3. The fourth-order valence-corrected chi connectivity index (χ4v) is 4.24. The van der Waals surface area contributed by atoms with E-state index in [1.807, 2.05) is 48.5 Å². The first-order valence-electron chi connectivity index (χ1n) is 9.92. The van der Waals surface area contributed by atoms with E-state index in [0.717, 1.165) is 22.3 Å². The Kier molecular flexibility index (Phi) is 5.69. The summed E-state index contributed by atoms with van der Waals surface area (Å²) in [5.74, 6) is -1.29. The highest BCUT2D eigenvalue weighted by Crippen LogP contribution is 2.44. The molecule has 31 heavy (non-hydrogen) atoms. The number of hydrogen-bond acceptors (Lipinski definition) is 4. The summed E-state index contributed by atoms with van der Waals surface area (Å²) in [6.07, 6.45) is 0.650. The molecule has 1 amide bonds. The van der Waals surface area contributed by atoms with Gasteiger partial charge >= 0.3 is 12.1 Å². The zero-order valence-corrected chi connectivity index (χ0v) is 17.8. The van der Waals surface area contributed by atoms with Crippen LogP contribution in [0, 0.1) is 6.92 Å². The Morgan fingerprint density at radius 3 is 2.26 bits per heavy atom. The normalized spacial score (nSPS) is 14.4. The summed E-state index contributed by atoms with van der Waals surface area (Å²) in [6.45, 7) is 3.49. The largest absolute Gasteiger partial charge is 0.480 e. The SMILES string of the molecule is Cc1c(Cl)cnn1C(C)C(NC(=O)OCC1c2ccccc2-c2ccccc21)C(=O)O. The minimum Gasteiger partial charge on any atom is -0.480 e. The van der Waals surface area contributed by atoms with Crippen LogP contribution in [0.2, 0.25) is 5.02 Å². The molecule has 3 aromatic rings. The van der Waals surface area contributed by atoms with E-state index in [1.165, 1.54) is 10.9 Å². The van der Waals surface area contributed by atoms with Crippen LogP contribution >= 0.6 is 11.6 Å². The number of nitrogens with one attached hydrogen (secondary N) is 1. The van der Waals surface area contributed by atoms with Crippen molar-refractivity contribution >= 4 is 23.7 Å². The molecule has 8 heteroatoms. The van der Waals surface area contributed by atoms with Crippen molar-refractivity contribution in [2.75, 3.05) is 6.61 Å². The molecule has 0 radical (unpaired) electrons. The second-order valence-electron chi connectivity index (χ2n) is 7.55.